The third-order valence-electron chi connectivity index (χ3n) is 6.45. The lowest BCUT2D eigenvalue weighted by Crippen LogP contribution is -2.42. The maximum atomic E-state index is 13.2. The molecule has 2 aromatic carbocycles. The minimum atomic E-state index is -0.725. The highest BCUT2D eigenvalue weighted by atomic mass is 16.7. The van der Waals surface area contributed by atoms with Crippen molar-refractivity contribution < 1.29 is 33.6 Å². The number of Topliss-reactive ketones (excluding diaryl/α,β-unsaturated/α-hetero) is 1. The van der Waals surface area contributed by atoms with Gasteiger partial charge in [0.1, 0.15) is 11.5 Å². The van der Waals surface area contributed by atoms with Gasteiger partial charge in [-0.2, -0.15) is 0 Å². The fourth-order valence-electron chi connectivity index (χ4n) is 4.64. The number of carbonyl (C=O) groups excluding carboxylic acids is 2. The van der Waals surface area contributed by atoms with Gasteiger partial charge in [-0.05, 0) is 42.8 Å². The summed E-state index contributed by atoms with van der Waals surface area (Å²) < 4.78 is 21.7. The van der Waals surface area contributed by atoms with E-state index in [1.165, 1.54) is 0 Å². The number of hydrogen-bond donors (Lipinski definition) is 1. The fraction of sp³-hybridized carbons (Fsp3) is 0.385. The SMILES string of the molecule is CCOc1ccc(C2/C(=C(\O)c3ccc4c(c3)OCO4)C(=O)C(=O)N2CCN2CCOCC2)cc1. The predicted molar refractivity (Wildman–Crippen MR) is 126 cm³/mol. The summed E-state index contributed by atoms with van der Waals surface area (Å²) in [6.07, 6.45) is 0. The second-order valence-corrected chi connectivity index (χ2v) is 8.52. The third-order valence-corrected chi connectivity index (χ3v) is 6.45. The van der Waals surface area contributed by atoms with Crippen LogP contribution in [-0.4, -0.2) is 79.4 Å². The van der Waals surface area contributed by atoms with Crippen molar-refractivity contribution >= 4 is 17.4 Å². The van der Waals surface area contributed by atoms with Crippen LogP contribution in [0.15, 0.2) is 48.0 Å². The van der Waals surface area contributed by atoms with Crippen molar-refractivity contribution in [1.82, 2.24) is 9.80 Å². The van der Waals surface area contributed by atoms with Gasteiger partial charge in [0.25, 0.3) is 11.7 Å². The number of fused-ring (bicyclic) bond motifs is 1. The van der Waals surface area contributed by atoms with Crippen LogP contribution in [0.2, 0.25) is 0 Å². The first-order valence-electron chi connectivity index (χ1n) is 11.8. The standard InChI is InChI=1S/C26H28N2O7/c1-2-33-19-6-3-17(4-7-19)23-22(24(29)18-5-8-20-21(15-18)35-16-34-20)25(30)26(31)28(23)10-9-27-11-13-32-14-12-27/h3-8,15,23,29H,2,9-14,16H2,1H3/b24-22+. The second-order valence-electron chi connectivity index (χ2n) is 8.52. The molecule has 1 amide bonds. The molecule has 9 heteroatoms. The molecule has 35 heavy (non-hydrogen) atoms. The third kappa shape index (κ3) is 4.56. The number of ketones is 1. The van der Waals surface area contributed by atoms with Crippen molar-refractivity contribution in [3.05, 3.63) is 59.2 Å². The van der Waals surface area contributed by atoms with E-state index in [0.29, 0.717) is 55.7 Å². The van der Waals surface area contributed by atoms with E-state index in [4.69, 9.17) is 18.9 Å². The molecule has 1 unspecified atom stereocenters. The average Bonchev–Trinajstić information content (AvgIpc) is 3.46. The van der Waals surface area contributed by atoms with Crippen LogP contribution in [0.5, 0.6) is 17.2 Å². The number of rotatable bonds is 7. The fourth-order valence-corrected chi connectivity index (χ4v) is 4.64. The Bertz CT molecular complexity index is 1140. The predicted octanol–water partition coefficient (Wildman–Crippen LogP) is 2.57. The Labute approximate surface area is 203 Å². The molecule has 3 aliphatic rings. The van der Waals surface area contributed by atoms with Gasteiger partial charge in [-0.1, -0.05) is 12.1 Å². The first kappa shape index (κ1) is 23.2. The van der Waals surface area contributed by atoms with Gasteiger partial charge < -0.3 is 29.0 Å². The number of aliphatic hydroxyl groups is 1. The highest BCUT2D eigenvalue weighted by molar-refractivity contribution is 6.46. The molecule has 3 aliphatic heterocycles. The van der Waals surface area contributed by atoms with E-state index < -0.39 is 17.7 Å². The molecule has 0 radical (unpaired) electrons. The zero-order valence-corrected chi connectivity index (χ0v) is 19.6. The van der Waals surface area contributed by atoms with Crippen LogP contribution < -0.4 is 14.2 Å². The molecule has 2 aromatic rings. The minimum absolute atomic E-state index is 0.0556. The molecular weight excluding hydrogens is 452 g/mol. The number of benzene rings is 2. The minimum Gasteiger partial charge on any atom is -0.507 e. The number of likely N-dealkylation sites (tertiary alicyclic amines) is 1. The molecule has 0 aromatic heterocycles. The van der Waals surface area contributed by atoms with E-state index in [1.54, 1.807) is 23.1 Å². The Morgan fingerprint density at radius 2 is 1.77 bits per heavy atom. The number of ether oxygens (including phenoxy) is 4. The molecule has 9 nitrogen and oxygen atoms in total. The highest BCUT2D eigenvalue weighted by Crippen LogP contribution is 2.41. The Hall–Kier alpha value is -3.56. The van der Waals surface area contributed by atoms with Crippen LogP contribution in [0.4, 0.5) is 0 Å². The van der Waals surface area contributed by atoms with Crippen LogP contribution in [-0.2, 0) is 14.3 Å². The van der Waals surface area contributed by atoms with Gasteiger partial charge in [-0.15, -0.1) is 0 Å². The van der Waals surface area contributed by atoms with Gasteiger partial charge in [0.15, 0.2) is 11.5 Å². The summed E-state index contributed by atoms with van der Waals surface area (Å²) >= 11 is 0. The quantitative estimate of drug-likeness (QED) is 0.367. The Morgan fingerprint density at radius 1 is 1.03 bits per heavy atom. The maximum Gasteiger partial charge on any atom is 0.295 e. The normalized spacial score (nSPS) is 21.5. The molecular formula is C26H28N2O7. The van der Waals surface area contributed by atoms with Gasteiger partial charge in [0.2, 0.25) is 6.79 Å². The second kappa shape index (κ2) is 9.97. The average molecular weight is 481 g/mol. The molecule has 0 spiro atoms. The van der Waals surface area contributed by atoms with E-state index >= 15 is 0 Å². The summed E-state index contributed by atoms with van der Waals surface area (Å²) in [6, 6.07) is 11.5. The molecule has 1 N–H and O–H groups in total. The number of amides is 1. The molecule has 2 saturated heterocycles. The van der Waals surface area contributed by atoms with Gasteiger partial charge in [0.05, 0.1) is 31.4 Å². The van der Waals surface area contributed by atoms with E-state index in [0.717, 1.165) is 18.7 Å². The first-order chi connectivity index (χ1) is 17.1. The van der Waals surface area contributed by atoms with Crippen LogP contribution >= 0.6 is 0 Å². The molecule has 0 saturated carbocycles. The molecule has 0 bridgehead atoms. The van der Waals surface area contributed by atoms with Crippen molar-refractivity contribution in [3.8, 4) is 17.2 Å². The summed E-state index contributed by atoms with van der Waals surface area (Å²) in [4.78, 5) is 30.2. The molecule has 2 fully saturated rings. The molecule has 5 rings (SSSR count). The van der Waals surface area contributed by atoms with Crippen LogP contribution in [0.1, 0.15) is 24.1 Å². The van der Waals surface area contributed by atoms with Crippen LogP contribution in [0, 0.1) is 0 Å². The van der Waals surface area contributed by atoms with Gasteiger partial charge in [-0.25, -0.2) is 0 Å². The molecule has 3 heterocycles. The number of nitrogens with zero attached hydrogens (tertiary/aromatic N) is 2. The maximum absolute atomic E-state index is 13.2. The number of morpholine rings is 1. The Kier molecular flexibility index (Phi) is 6.61. The van der Waals surface area contributed by atoms with E-state index in [1.807, 2.05) is 31.2 Å². The molecule has 1 atom stereocenters. The summed E-state index contributed by atoms with van der Waals surface area (Å²) in [5.41, 5.74) is 1.16. The van der Waals surface area contributed by atoms with Gasteiger partial charge in [0, 0.05) is 31.7 Å². The van der Waals surface area contributed by atoms with Gasteiger partial charge in [-0.3, -0.25) is 14.5 Å². The van der Waals surface area contributed by atoms with Crippen molar-refractivity contribution in [2.75, 3.05) is 52.8 Å². The largest absolute Gasteiger partial charge is 0.507 e. The lowest BCUT2D eigenvalue weighted by molar-refractivity contribution is -0.140. The summed E-state index contributed by atoms with van der Waals surface area (Å²) in [5.74, 6) is 0.163. The monoisotopic (exact) mass is 480 g/mol. The first-order valence-corrected chi connectivity index (χ1v) is 11.8. The Balaban J connectivity index is 1.52. The summed E-state index contributed by atoms with van der Waals surface area (Å²) in [7, 11) is 0. The number of hydrogen-bond acceptors (Lipinski definition) is 8. The zero-order valence-electron chi connectivity index (χ0n) is 19.6. The van der Waals surface area contributed by atoms with E-state index in [-0.39, 0.29) is 18.1 Å². The van der Waals surface area contributed by atoms with Crippen LogP contribution in [0.3, 0.4) is 0 Å². The smallest absolute Gasteiger partial charge is 0.295 e. The van der Waals surface area contributed by atoms with Crippen molar-refractivity contribution in [2.24, 2.45) is 0 Å². The zero-order chi connectivity index (χ0) is 24.4. The Morgan fingerprint density at radius 3 is 2.51 bits per heavy atom. The van der Waals surface area contributed by atoms with Crippen LogP contribution in [0.25, 0.3) is 5.76 Å². The van der Waals surface area contributed by atoms with Crippen molar-refractivity contribution in [3.63, 3.8) is 0 Å². The van der Waals surface area contributed by atoms with E-state index in [2.05, 4.69) is 4.90 Å². The van der Waals surface area contributed by atoms with Crippen molar-refractivity contribution in [1.29, 1.82) is 0 Å². The lowest BCUT2D eigenvalue weighted by Gasteiger charge is -2.31. The van der Waals surface area contributed by atoms with Crippen molar-refractivity contribution in [2.45, 2.75) is 13.0 Å². The topological polar surface area (TPSA) is 97.8 Å². The molecule has 0 aliphatic carbocycles. The summed E-state index contributed by atoms with van der Waals surface area (Å²) in [5, 5.41) is 11.3. The lowest BCUT2D eigenvalue weighted by atomic mass is 9.95. The number of aliphatic hydroxyl groups excluding tert-OH is 1. The highest BCUT2D eigenvalue weighted by Gasteiger charge is 2.46. The van der Waals surface area contributed by atoms with E-state index in [9.17, 15) is 14.7 Å². The van der Waals surface area contributed by atoms with Gasteiger partial charge >= 0.3 is 0 Å². The number of carbonyl (C=O) groups is 2. The molecule has 184 valence electrons. The summed E-state index contributed by atoms with van der Waals surface area (Å²) in [6.45, 7) is 6.31.